The molecule has 4 rings (SSSR count). The summed E-state index contributed by atoms with van der Waals surface area (Å²) in [6.07, 6.45) is 7.63. The Hall–Kier alpha value is -3.76. The lowest BCUT2D eigenvalue weighted by Crippen LogP contribution is -2.28. The zero-order chi connectivity index (χ0) is 20.1. The topological polar surface area (TPSA) is 90.0 Å². The first-order chi connectivity index (χ1) is 14.3. The van der Waals surface area contributed by atoms with E-state index in [-0.39, 0.29) is 6.04 Å². The molecule has 7 heteroatoms. The zero-order valence-electron chi connectivity index (χ0n) is 15.2. The normalized spacial score (nSPS) is 17.9. The van der Waals surface area contributed by atoms with Crippen molar-refractivity contribution in [2.75, 3.05) is 0 Å². The molecule has 2 aliphatic heterocycles. The number of nitroso groups, excluding NO2 is 1. The number of nitriles is 1. The summed E-state index contributed by atoms with van der Waals surface area (Å²) in [6.45, 7) is 0. The summed E-state index contributed by atoms with van der Waals surface area (Å²) in [4.78, 5) is 15.6. The molecule has 0 saturated heterocycles. The molecule has 6 nitrogen and oxygen atoms in total. The number of hydrogen-bond donors (Lipinski definition) is 1. The zero-order valence-corrected chi connectivity index (χ0v) is 16.0. The minimum Gasteiger partial charge on any atom is -0.340 e. The fourth-order valence-electron chi connectivity index (χ4n) is 2.98. The lowest BCUT2D eigenvalue weighted by Gasteiger charge is -2.23. The number of hydrogen-bond acceptors (Lipinski definition) is 7. The van der Waals surface area contributed by atoms with Crippen molar-refractivity contribution in [2.24, 2.45) is 14.6 Å². The highest BCUT2D eigenvalue weighted by Crippen LogP contribution is 2.29. The molecule has 0 aliphatic carbocycles. The Kier molecular flexibility index (Phi) is 5.45. The average molecular weight is 397 g/mol. The van der Waals surface area contributed by atoms with Crippen LogP contribution in [-0.4, -0.2) is 12.1 Å². The smallest absolute Gasteiger partial charge is 0.133 e. The van der Waals surface area contributed by atoms with Crippen LogP contribution in [0.5, 0.6) is 0 Å². The van der Waals surface area contributed by atoms with Gasteiger partial charge in [0.05, 0.1) is 17.7 Å². The maximum absolute atomic E-state index is 10.7. The van der Waals surface area contributed by atoms with Gasteiger partial charge in [-0.05, 0) is 64.2 Å². The maximum Gasteiger partial charge on any atom is 0.133 e. The van der Waals surface area contributed by atoms with Gasteiger partial charge in [-0.3, -0.25) is 4.99 Å². The van der Waals surface area contributed by atoms with E-state index in [4.69, 9.17) is 10.3 Å². The average Bonchev–Trinajstić information content (AvgIpc) is 3.08. The van der Waals surface area contributed by atoms with Gasteiger partial charge >= 0.3 is 0 Å². The number of amidine groups is 1. The highest BCUT2D eigenvalue weighted by molar-refractivity contribution is 8.01. The van der Waals surface area contributed by atoms with E-state index in [1.807, 2.05) is 47.9 Å². The molecule has 0 spiro atoms. The van der Waals surface area contributed by atoms with Crippen LogP contribution in [0.2, 0.25) is 0 Å². The molecule has 0 fully saturated rings. The van der Waals surface area contributed by atoms with Gasteiger partial charge in [-0.1, -0.05) is 24.3 Å². The standard InChI is InChI=1S/C22H15N5OS/c23-14-15-1-3-16(4-2-15)20-13-21(17-5-7-19(27-28)8-6-17)26-22(25-20)18-9-11-24-29-12-10-18/h1-13,20H,(H,25,26). The van der Waals surface area contributed by atoms with E-state index >= 15 is 0 Å². The highest BCUT2D eigenvalue weighted by atomic mass is 32.2. The Morgan fingerprint density at radius 3 is 2.62 bits per heavy atom. The van der Waals surface area contributed by atoms with Gasteiger partial charge in [0, 0.05) is 29.4 Å². The number of benzene rings is 2. The van der Waals surface area contributed by atoms with Crippen LogP contribution in [0.25, 0.3) is 5.70 Å². The number of rotatable bonds is 4. The van der Waals surface area contributed by atoms with E-state index in [1.54, 1.807) is 30.5 Å². The van der Waals surface area contributed by atoms with Crippen molar-refractivity contribution in [1.29, 1.82) is 5.26 Å². The molecule has 1 atom stereocenters. The van der Waals surface area contributed by atoms with Gasteiger partial charge in [0.25, 0.3) is 0 Å². The second-order valence-electron chi connectivity index (χ2n) is 6.28. The Labute approximate surface area is 172 Å². The molecule has 0 radical (unpaired) electrons. The number of nitrogens with one attached hydrogen (secondary N) is 1. The van der Waals surface area contributed by atoms with Crippen LogP contribution in [0.4, 0.5) is 5.69 Å². The predicted molar refractivity (Wildman–Crippen MR) is 118 cm³/mol. The molecule has 2 aliphatic rings. The van der Waals surface area contributed by atoms with E-state index in [1.165, 1.54) is 11.9 Å². The summed E-state index contributed by atoms with van der Waals surface area (Å²) in [6, 6.07) is 16.4. The van der Waals surface area contributed by atoms with Gasteiger partial charge in [-0.2, -0.15) is 5.26 Å². The molecule has 1 unspecified atom stereocenters. The van der Waals surface area contributed by atoms with Crippen LogP contribution in [0.1, 0.15) is 22.7 Å². The van der Waals surface area contributed by atoms with Crippen LogP contribution in [0.15, 0.2) is 92.3 Å². The Morgan fingerprint density at radius 2 is 1.90 bits per heavy atom. The minimum atomic E-state index is -0.222. The highest BCUT2D eigenvalue weighted by Gasteiger charge is 2.20. The Morgan fingerprint density at radius 1 is 1.10 bits per heavy atom. The number of nitrogens with zero attached hydrogens (tertiary/aromatic N) is 4. The molecule has 0 saturated carbocycles. The first-order valence-electron chi connectivity index (χ1n) is 8.84. The lowest BCUT2D eigenvalue weighted by atomic mass is 10.00. The van der Waals surface area contributed by atoms with E-state index < -0.39 is 0 Å². The molecule has 2 heterocycles. The summed E-state index contributed by atoms with van der Waals surface area (Å²) >= 11 is 1.35. The molecule has 0 bridgehead atoms. The molecular weight excluding hydrogens is 382 g/mol. The van der Waals surface area contributed by atoms with Gasteiger partial charge in [0.2, 0.25) is 0 Å². The van der Waals surface area contributed by atoms with Crippen molar-refractivity contribution in [2.45, 2.75) is 6.04 Å². The molecule has 0 amide bonds. The summed E-state index contributed by atoms with van der Waals surface area (Å²) in [5.41, 5.74) is 4.68. The molecular formula is C22H15N5OS. The quantitative estimate of drug-likeness (QED) is 0.566. The van der Waals surface area contributed by atoms with Crippen LogP contribution >= 0.6 is 11.9 Å². The van der Waals surface area contributed by atoms with Crippen molar-refractivity contribution >= 4 is 35.4 Å². The molecule has 0 aromatic heterocycles. The van der Waals surface area contributed by atoms with Crippen molar-refractivity contribution < 1.29 is 0 Å². The van der Waals surface area contributed by atoms with Crippen LogP contribution < -0.4 is 5.32 Å². The lowest BCUT2D eigenvalue weighted by molar-refractivity contribution is 0.880. The van der Waals surface area contributed by atoms with E-state index in [9.17, 15) is 4.91 Å². The maximum atomic E-state index is 10.7. The SMILES string of the molecule is N#Cc1ccc(C2C=C(c3ccc(N=O)cc3)NC(C3=CC=NSC=C3)=N2)cc1. The van der Waals surface area contributed by atoms with Gasteiger partial charge < -0.3 is 5.32 Å². The van der Waals surface area contributed by atoms with E-state index in [2.05, 4.69) is 21.0 Å². The van der Waals surface area contributed by atoms with Crippen LogP contribution in [-0.2, 0) is 0 Å². The van der Waals surface area contributed by atoms with Crippen LogP contribution in [0.3, 0.4) is 0 Å². The Bertz CT molecular complexity index is 1120. The predicted octanol–water partition coefficient (Wildman–Crippen LogP) is 5.21. The van der Waals surface area contributed by atoms with Gasteiger partial charge in [0.1, 0.15) is 11.5 Å². The van der Waals surface area contributed by atoms with Crippen molar-refractivity contribution in [3.8, 4) is 6.07 Å². The fourth-order valence-corrected chi connectivity index (χ4v) is 3.39. The van der Waals surface area contributed by atoms with E-state index in [0.29, 0.717) is 11.3 Å². The largest absolute Gasteiger partial charge is 0.340 e. The molecule has 2 aromatic carbocycles. The monoisotopic (exact) mass is 397 g/mol. The Balaban J connectivity index is 1.75. The third kappa shape index (κ3) is 4.23. The molecule has 2 aromatic rings. The van der Waals surface area contributed by atoms with Gasteiger partial charge in [0.15, 0.2) is 0 Å². The molecule has 29 heavy (non-hydrogen) atoms. The summed E-state index contributed by atoms with van der Waals surface area (Å²) in [5.74, 6) is 0.722. The molecule has 1 N–H and O–H groups in total. The van der Waals surface area contributed by atoms with Gasteiger partial charge in [-0.25, -0.2) is 4.40 Å². The first kappa shape index (κ1) is 18.6. The van der Waals surface area contributed by atoms with Crippen molar-refractivity contribution in [1.82, 2.24) is 5.32 Å². The third-order valence-electron chi connectivity index (χ3n) is 4.47. The third-order valence-corrected chi connectivity index (χ3v) is 4.97. The summed E-state index contributed by atoms with van der Waals surface area (Å²) < 4.78 is 4.17. The second kappa shape index (κ2) is 8.50. The summed E-state index contributed by atoms with van der Waals surface area (Å²) in [7, 11) is 0. The van der Waals surface area contributed by atoms with Gasteiger partial charge in [-0.15, -0.1) is 4.91 Å². The second-order valence-corrected chi connectivity index (χ2v) is 6.98. The molecule has 140 valence electrons. The number of allylic oxidation sites excluding steroid dienone is 1. The minimum absolute atomic E-state index is 0.222. The fraction of sp³-hybridized carbons (Fsp3) is 0.0455. The van der Waals surface area contributed by atoms with Crippen molar-refractivity contribution in [3.05, 3.63) is 99.3 Å². The van der Waals surface area contributed by atoms with Crippen molar-refractivity contribution in [3.63, 3.8) is 0 Å². The van der Waals surface area contributed by atoms with Crippen LogP contribution in [0, 0.1) is 16.2 Å². The number of aliphatic imine (C=N–C) groups is 1. The van der Waals surface area contributed by atoms with E-state index in [0.717, 1.165) is 28.2 Å². The first-order valence-corrected chi connectivity index (χ1v) is 9.67. The summed E-state index contributed by atoms with van der Waals surface area (Å²) in [5, 5.41) is 17.3.